The summed E-state index contributed by atoms with van der Waals surface area (Å²) in [5.74, 6) is 4.82. The number of nitrogens with zero attached hydrogens (tertiary/aromatic N) is 8. The van der Waals surface area contributed by atoms with Gasteiger partial charge >= 0.3 is 17.4 Å². The molecule has 0 amide bonds. The van der Waals surface area contributed by atoms with Crippen molar-refractivity contribution in [3.05, 3.63) is 145 Å². The van der Waals surface area contributed by atoms with E-state index in [1.54, 1.807) is 22.5 Å². The fourth-order valence-electron chi connectivity index (χ4n) is 10.6. The molecule has 4 aromatic heterocycles. The quantitative estimate of drug-likeness (QED) is 0.0505. The van der Waals surface area contributed by atoms with Gasteiger partial charge in [-0.15, -0.1) is 22.0 Å². The van der Waals surface area contributed by atoms with E-state index in [1.165, 1.54) is 23.5 Å². The van der Waals surface area contributed by atoms with Crippen LogP contribution in [0.5, 0.6) is 0 Å². The minimum absolute atomic E-state index is 0.0378. The monoisotopic (exact) mass is 1230 g/mol. The number of nitrogen functional groups attached to an aromatic ring is 1. The summed E-state index contributed by atoms with van der Waals surface area (Å²) < 4.78 is 65.6. The molecule has 0 saturated carbocycles. The molecule has 0 unspecified atom stereocenters. The van der Waals surface area contributed by atoms with Gasteiger partial charge in [0.15, 0.2) is 28.7 Å². The van der Waals surface area contributed by atoms with Gasteiger partial charge in [-0.2, -0.15) is 4.98 Å². The number of aromatic nitrogens is 8. The highest BCUT2D eigenvalue weighted by Gasteiger charge is 2.58. The Hall–Kier alpha value is -5.42. The number of hydrogen-bond donors (Lipinski definition) is 2. The van der Waals surface area contributed by atoms with Crippen molar-refractivity contribution >= 4 is 90.5 Å². The van der Waals surface area contributed by atoms with Gasteiger partial charge < -0.3 is 42.8 Å². The molecular weight excluding hydrogens is 1150 g/mol. The van der Waals surface area contributed by atoms with Gasteiger partial charge in [-0.3, -0.25) is 0 Å². The molecule has 0 bridgehead atoms. The lowest BCUT2D eigenvalue weighted by Crippen LogP contribution is -2.33. The number of imidazole rings is 2. The first kappa shape index (κ1) is 63.1. The van der Waals surface area contributed by atoms with Gasteiger partial charge in [0.1, 0.15) is 41.6 Å². The van der Waals surface area contributed by atoms with Crippen molar-refractivity contribution in [1.29, 1.82) is 0 Å². The normalized spacial score (nSPS) is 22.9. The third-order valence-electron chi connectivity index (χ3n) is 14.1. The van der Waals surface area contributed by atoms with Crippen LogP contribution in [0.1, 0.15) is 106 Å². The SMILES string of the molecule is CSc1nc(NN)c2ncc([C@@H]3O[C@H](CC(C)(C)C)[C@H]4OC(C)(C)O[C@H]43)n2n1.CSc1nc(SC)c2ncc([C@@H]3O[C@H](CC(C)(C)C)[C@H]4OC(C)(C)O[C@H]43)n2n1.O=[Si](c1ccccc1)c1ccccc1.O=[Si](c1ccccc1)c1ccccc1. The number of hydrazine groups is 1. The highest BCUT2D eigenvalue weighted by Crippen LogP contribution is 2.49. The van der Waals surface area contributed by atoms with Crippen molar-refractivity contribution in [2.45, 2.75) is 158 Å². The second-order valence-corrected chi connectivity index (χ2v) is 30.0. The van der Waals surface area contributed by atoms with Crippen molar-refractivity contribution in [3.63, 3.8) is 0 Å². The molecule has 3 N–H and O–H groups in total. The lowest BCUT2D eigenvalue weighted by Gasteiger charge is -2.28. The van der Waals surface area contributed by atoms with Crippen LogP contribution in [0.15, 0.2) is 149 Å². The van der Waals surface area contributed by atoms with Gasteiger partial charge in [0, 0.05) is 20.7 Å². The maximum Gasteiger partial charge on any atom is 0.346 e. The Morgan fingerprint density at radius 2 is 0.869 bits per heavy atom. The molecule has 0 aliphatic carbocycles. The van der Waals surface area contributed by atoms with Crippen LogP contribution in [0.2, 0.25) is 0 Å². The maximum atomic E-state index is 12.0. The van der Waals surface area contributed by atoms with Gasteiger partial charge in [-0.25, -0.2) is 29.8 Å². The van der Waals surface area contributed by atoms with E-state index in [2.05, 4.69) is 77.1 Å². The van der Waals surface area contributed by atoms with Crippen molar-refractivity contribution in [1.82, 2.24) is 39.2 Å². The maximum absolute atomic E-state index is 12.0. The summed E-state index contributed by atoms with van der Waals surface area (Å²) >= 11 is 4.51. The second kappa shape index (κ2) is 26.7. The molecule has 0 spiro atoms. The zero-order chi connectivity index (χ0) is 60.1. The van der Waals surface area contributed by atoms with Gasteiger partial charge in [-0.05, 0) is 70.1 Å². The van der Waals surface area contributed by atoms with Crippen molar-refractivity contribution < 1.29 is 37.3 Å². The highest BCUT2D eigenvalue weighted by molar-refractivity contribution is 7.99. The molecule has 4 saturated heterocycles. The highest BCUT2D eigenvalue weighted by atomic mass is 32.2. The van der Waals surface area contributed by atoms with E-state index in [1.807, 2.05) is 179 Å². The molecule has 4 aliphatic rings. The van der Waals surface area contributed by atoms with Crippen LogP contribution >= 0.6 is 35.3 Å². The number of nitrogens with one attached hydrogen (secondary N) is 1. The molecule has 4 aliphatic heterocycles. The van der Waals surface area contributed by atoms with Crippen LogP contribution in [0.3, 0.4) is 0 Å². The zero-order valence-electron chi connectivity index (χ0n) is 49.9. The Kier molecular flexibility index (Phi) is 20.0. The Morgan fingerprint density at radius 1 is 0.524 bits per heavy atom. The van der Waals surface area contributed by atoms with Gasteiger partial charge in [0.05, 0.1) is 36.0 Å². The second-order valence-electron chi connectivity index (χ2n) is 24.0. The largest absolute Gasteiger partial charge is 0.376 e. The summed E-state index contributed by atoms with van der Waals surface area (Å²) in [6, 6.07) is 38.4. The number of rotatable bonds is 12. The van der Waals surface area contributed by atoms with Crippen LogP contribution in [0, 0.1) is 10.8 Å². The smallest absolute Gasteiger partial charge is 0.346 e. The summed E-state index contributed by atoms with van der Waals surface area (Å²) in [5, 5.41) is 15.1. The van der Waals surface area contributed by atoms with Crippen molar-refractivity contribution in [3.8, 4) is 0 Å². The predicted molar refractivity (Wildman–Crippen MR) is 333 cm³/mol. The molecule has 23 heteroatoms. The number of anilines is 1. The number of ether oxygens (including phenoxy) is 6. The third kappa shape index (κ3) is 15.0. The number of nitrogens with two attached hydrogens (primary N) is 1. The lowest BCUT2D eigenvalue weighted by atomic mass is 9.87. The average Bonchev–Trinajstić information content (AvgIpc) is 3.06. The molecule has 84 heavy (non-hydrogen) atoms. The molecule has 4 aromatic carbocycles. The van der Waals surface area contributed by atoms with E-state index >= 15 is 0 Å². The number of thioether (sulfide) groups is 3. The van der Waals surface area contributed by atoms with E-state index < -0.39 is 28.9 Å². The Bertz CT molecular complexity index is 3210. The van der Waals surface area contributed by atoms with Gasteiger partial charge in [-0.1, -0.05) is 186 Å². The first-order valence-electron chi connectivity index (χ1n) is 27.9. The fourth-order valence-corrected chi connectivity index (χ4v) is 14.5. The van der Waals surface area contributed by atoms with E-state index in [4.69, 9.17) is 34.3 Å². The Morgan fingerprint density at radius 3 is 1.21 bits per heavy atom. The lowest BCUT2D eigenvalue weighted by molar-refractivity contribution is -0.191. The van der Waals surface area contributed by atoms with Crippen LogP contribution in [-0.4, -0.2) is 123 Å². The zero-order valence-corrected chi connectivity index (χ0v) is 54.3. The molecule has 12 rings (SSSR count). The summed E-state index contributed by atoms with van der Waals surface area (Å²) in [7, 11) is -3.59. The van der Waals surface area contributed by atoms with E-state index in [0.29, 0.717) is 21.8 Å². The summed E-state index contributed by atoms with van der Waals surface area (Å²) in [6.07, 6.45) is 9.83. The number of fused-ring (bicyclic) bond motifs is 4. The van der Waals surface area contributed by atoms with Gasteiger partial charge in [0.25, 0.3) is 0 Å². The van der Waals surface area contributed by atoms with Crippen LogP contribution in [0.25, 0.3) is 11.3 Å². The molecule has 18 nitrogen and oxygen atoms in total. The van der Waals surface area contributed by atoms with Crippen molar-refractivity contribution in [2.75, 3.05) is 24.2 Å². The Labute approximate surface area is 507 Å². The molecule has 8 heterocycles. The van der Waals surface area contributed by atoms with Crippen LogP contribution in [-0.2, 0) is 37.3 Å². The molecular formula is C61H76N10O8S3Si2. The minimum atomic E-state index is -1.79. The Balaban J connectivity index is 0.000000141. The first-order valence-corrected chi connectivity index (χ1v) is 34.4. The summed E-state index contributed by atoms with van der Waals surface area (Å²) in [6.45, 7) is 21.1. The molecule has 8 aromatic rings. The topological polar surface area (TPSA) is 214 Å². The summed E-state index contributed by atoms with van der Waals surface area (Å²) in [4.78, 5) is 18.0. The van der Waals surface area contributed by atoms with Gasteiger partial charge in [0.2, 0.25) is 10.3 Å². The molecule has 4 fully saturated rings. The third-order valence-corrected chi connectivity index (χ3v) is 19.2. The fraction of sp³-hybridized carbons (Fsp3) is 0.443. The first-order chi connectivity index (χ1) is 40.0. The number of hydrogen-bond acceptors (Lipinski definition) is 19. The number of benzene rings is 4. The summed E-state index contributed by atoms with van der Waals surface area (Å²) in [5.41, 5.74) is 5.81. The standard InChI is InChI=1S/C19H28N4O3S2.C18H28N6O3S.2C12H10OSi/c1-18(2,3)8-11-13-14(26-19(4,5)25-13)12(24-11)10-9-20-15-16(27-6)21-17(28-7)22-23(10)15;1-17(2,3)7-10-12-13(27-18(4,5)26-12)11(25-10)9-8-20-15-14(22-19)21-16(28-6)23-24(9)15;2*13-14(11-7-3-1-4-8-11)12-9-5-2-6-10-12/h9,11-14H,8H2,1-7H3;8,10-13H,7,19H2,1-6H3,(H,21,22,23);2*1-10H/t11-,12+,13-,14+;10-,11+,12-,13+;;/m11../s1. The average molecular weight is 1230 g/mol. The minimum Gasteiger partial charge on any atom is -0.376 e. The van der Waals surface area contributed by atoms with E-state index in [-0.39, 0.29) is 59.7 Å². The molecule has 0 radical (unpaired) electrons. The van der Waals surface area contributed by atoms with Crippen LogP contribution < -0.4 is 32.0 Å². The predicted octanol–water partition coefficient (Wildman–Crippen LogP) is 8.94. The van der Waals surface area contributed by atoms with E-state index in [9.17, 15) is 8.92 Å². The molecule has 444 valence electrons. The van der Waals surface area contributed by atoms with E-state index in [0.717, 1.165) is 55.6 Å². The van der Waals surface area contributed by atoms with Crippen LogP contribution in [0.4, 0.5) is 5.82 Å². The molecule has 8 atom stereocenters. The van der Waals surface area contributed by atoms with Crippen molar-refractivity contribution in [2.24, 2.45) is 16.7 Å².